The van der Waals surface area contributed by atoms with Crippen molar-refractivity contribution in [3.63, 3.8) is 0 Å². The van der Waals surface area contributed by atoms with E-state index in [2.05, 4.69) is 0 Å². The van der Waals surface area contributed by atoms with Gasteiger partial charge in [0.25, 0.3) is 0 Å². The van der Waals surface area contributed by atoms with Gasteiger partial charge in [-0.1, -0.05) is 86.3 Å². The second kappa shape index (κ2) is 8.75. The smallest absolute Gasteiger partial charge is 0.166 e. The number of hydrogen-bond acceptors (Lipinski definition) is 2. The zero-order valence-corrected chi connectivity index (χ0v) is 14.7. The van der Waals surface area contributed by atoms with Crippen molar-refractivity contribution in [1.29, 1.82) is 0 Å². The molecule has 2 heteroatoms. The lowest BCUT2D eigenvalue weighted by atomic mass is 9.75. The van der Waals surface area contributed by atoms with Crippen molar-refractivity contribution in [3.8, 4) is 0 Å². The topological polar surface area (TPSA) is 34.1 Å². The van der Waals surface area contributed by atoms with Gasteiger partial charge in [-0.3, -0.25) is 9.59 Å². The number of benzene rings is 2. The Hall–Kier alpha value is -2.22. The molecule has 0 aliphatic heterocycles. The number of hydrogen-bond donors (Lipinski definition) is 0. The van der Waals surface area contributed by atoms with E-state index in [9.17, 15) is 9.59 Å². The summed E-state index contributed by atoms with van der Waals surface area (Å²) < 4.78 is 0. The average Bonchev–Trinajstić information content (AvgIpc) is 2.65. The highest BCUT2D eigenvalue weighted by Crippen LogP contribution is 2.33. The minimum absolute atomic E-state index is 0.0321. The molecule has 0 spiro atoms. The molecule has 0 unspecified atom stereocenters. The first-order chi connectivity index (χ1) is 12.3. The van der Waals surface area contributed by atoms with Crippen LogP contribution < -0.4 is 0 Å². The molecule has 2 aromatic carbocycles. The summed E-state index contributed by atoms with van der Waals surface area (Å²) in [6.07, 6.45) is 6.96. The summed E-state index contributed by atoms with van der Waals surface area (Å²) in [5.74, 6) is 0.501. The Morgan fingerprint density at radius 2 is 1.28 bits per heavy atom. The van der Waals surface area contributed by atoms with Crippen molar-refractivity contribution in [2.24, 2.45) is 11.8 Å². The summed E-state index contributed by atoms with van der Waals surface area (Å²) in [6, 6.07) is 19.0. The van der Waals surface area contributed by atoms with E-state index in [1.807, 2.05) is 60.7 Å². The molecule has 2 atom stereocenters. The molecule has 0 N–H and O–H groups in total. The number of Topliss-reactive ketones (excluding diaryl/α,β-unsaturated/α-hetero) is 2. The third-order valence-corrected chi connectivity index (χ3v) is 5.35. The van der Waals surface area contributed by atoms with E-state index in [-0.39, 0.29) is 23.4 Å². The van der Waals surface area contributed by atoms with Crippen LogP contribution in [0.1, 0.15) is 65.7 Å². The van der Waals surface area contributed by atoms with Gasteiger partial charge in [-0.05, 0) is 18.8 Å². The molecule has 2 aromatic rings. The molecule has 2 nitrogen and oxygen atoms in total. The molecule has 0 bridgehead atoms. The maximum Gasteiger partial charge on any atom is 0.166 e. The predicted octanol–water partition coefficient (Wildman–Crippen LogP) is 5.73. The fraction of sp³-hybridized carbons (Fsp3) is 0.391. The fourth-order valence-electron chi connectivity index (χ4n) is 3.95. The van der Waals surface area contributed by atoms with Crippen molar-refractivity contribution >= 4 is 11.6 Å². The standard InChI is InChI=1S/C23H26O2/c24-22(18-11-6-3-7-12-18)17-20-15-5-1-2-10-16-21(20)23(25)19-13-8-4-9-14-19/h3-4,6-9,11-14,20-21H,1-2,5,10,15-17H2/t20-,21-/m0/s1. The van der Waals surface area contributed by atoms with E-state index < -0.39 is 0 Å². The van der Waals surface area contributed by atoms with Crippen molar-refractivity contribution in [2.75, 3.05) is 0 Å². The lowest BCUT2D eigenvalue weighted by molar-refractivity contribution is 0.0805. The van der Waals surface area contributed by atoms with Crippen LogP contribution in [-0.2, 0) is 0 Å². The Labute approximate surface area is 150 Å². The largest absolute Gasteiger partial charge is 0.294 e. The number of carbonyl (C=O) groups is 2. The summed E-state index contributed by atoms with van der Waals surface area (Å²) >= 11 is 0. The Balaban J connectivity index is 1.79. The van der Waals surface area contributed by atoms with Crippen LogP contribution in [0.25, 0.3) is 0 Å². The third kappa shape index (κ3) is 4.66. The molecule has 0 aromatic heterocycles. The number of ketones is 2. The van der Waals surface area contributed by atoms with Gasteiger partial charge in [-0.2, -0.15) is 0 Å². The first-order valence-corrected chi connectivity index (χ1v) is 9.43. The molecule has 1 aliphatic carbocycles. The molecular formula is C23H26O2. The van der Waals surface area contributed by atoms with Crippen LogP contribution in [0, 0.1) is 11.8 Å². The van der Waals surface area contributed by atoms with Gasteiger partial charge < -0.3 is 0 Å². The van der Waals surface area contributed by atoms with E-state index in [1.165, 1.54) is 12.8 Å². The molecule has 0 radical (unpaired) electrons. The molecular weight excluding hydrogens is 308 g/mol. The average molecular weight is 334 g/mol. The van der Waals surface area contributed by atoms with E-state index in [1.54, 1.807) is 0 Å². The first kappa shape index (κ1) is 17.6. The predicted molar refractivity (Wildman–Crippen MR) is 101 cm³/mol. The molecule has 1 fully saturated rings. The maximum absolute atomic E-state index is 13.1. The second-order valence-corrected chi connectivity index (χ2v) is 7.08. The highest BCUT2D eigenvalue weighted by atomic mass is 16.1. The van der Waals surface area contributed by atoms with Gasteiger partial charge in [-0.25, -0.2) is 0 Å². The van der Waals surface area contributed by atoms with Gasteiger partial charge in [0.1, 0.15) is 0 Å². The summed E-state index contributed by atoms with van der Waals surface area (Å²) in [4.78, 5) is 25.8. The highest BCUT2D eigenvalue weighted by molar-refractivity contribution is 5.99. The molecule has 0 heterocycles. The van der Waals surface area contributed by atoms with Crippen LogP contribution in [0.5, 0.6) is 0 Å². The Bertz CT molecular complexity index is 691. The summed E-state index contributed by atoms with van der Waals surface area (Å²) in [7, 11) is 0. The van der Waals surface area contributed by atoms with Gasteiger partial charge in [0.05, 0.1) is 0 Å². The quantitative estimate of drug-likeness (QED) is 0.654. The van der Waals surface area contributed by atoms with Gasteiger partial charge in [0.2, 0.25) is 0 Å². The monoisotopic (exact) mass is 334 g/mol. The van der Waals surface area contributed by atoms with Crippen LogP contribution in [0.4, 0.5) is 0 Å². The molecule has 1 aliphatic rings. The van der Waals surface area contributed by atoms with E-state index >= 15 is 0 Å². The van der Waals surface area contributed by atoms with Gasteiger partial charge >= 0.3 is 0 Å². The summed E-state index contributed by atoms with van der Waals surface area (Å²) in [6.45, 7) is 0. The van der Waals surface area contributed by atoms with Crippen molar-refractivity contribution in [1.82, 2.24) is 0 Å². The Morgan fingerprint density at radius 1 is 0.720 bits per heavy atom. The lowest BCUT2D eigenvalue weighted by Gasteiger charge is -2.28. The first-order valence-electron chi connectivity index (χ1n) is 9.43. The fourth-order valence-corrected chi connectivity index (χ4v) is 3.95. The lowest BCUT2D eigenvalue weighted by Crippen LogP contribution is -2.27. The Morgan fingerprint density at radius 3 is 1.92 bits per heavy atom. The SMILES string of the molecule is O=C(C[C@@H]1CCCCCC[C@@H]1C(=O)c1ccccc1)c1ccccc1. The van der Waals surface area contributed by atoms with Crippen molar-refractivity contribution < 1.29 is 9.59 Å². The van der Waals surface area contributed by atoms with Crippen LogP contribution in [0.15, 0.2) is 60.7 Å². The van der Waals surface area contributed by atoms with Crippen LogP contribution in [0.3, 0.4) is 0 Å². The molecule has 3 rings (SSSR count). The minimum Gasteiger partial charge on any atom is -0.294 e. The van der Waals surface area contributed by atoms with E-state index in [0.29, 0.717) is 6.42 Å². The second-order valence-electron chi connectivity index (χ2n) is 7.08. The van der Waals surface area contributed by atoms with Gasteiger partial charge in [0, 0.05) is 23.5 Å². The number of rotatable bonds is 5. The third-order valence-electron chi connectivity index (χ3n) is 5.35. The minimum atomic E-state index is -0.0321. The van der Waals surface area contributed by atoms with Crippen molar-refractivity contribution in [2.45, 2.75) is 44.9 Å². The summed E-state index contributed by atoms with van der Waals surface area (Å²) in [5.41, 5.74) is 1.54. The van der Waals surface area contributed by atoms with E-state index in [0.717, 1.165) is 36.8 Å². The summed E-state index contributed by atoms with van der Waals surface area (Å²) in [5, 5.41) is 0. The molecule has 0 amide bonds. The molecule has 0 saturated heterocycles. The zero-order chi connectivity index (χ0) is 17.5. The molecule has 25 heavy (non-hydrogen) atoms. The van der Waals surface area contributed by atoms with Crippen molar-refractivity contribution in [3.05, 3.63) is 71.8 Å². The maximum atomic E-state index is 13.1. The van der Waals surface area contributed by atoms with Crippen LogP contribution >= 0.6 is 0 Å². The normalized spacial score (nSPS) is 21.1. The van der Waals surface area contributed by atoms with Gasteiger partial charge in [-0.15, -0.1) is 0 Å². The number of carbonyl (C=O) groups excluding carboxylic acids is 2. The Kier molecular flexibility index (Phi) is 6.16. The zero-order valence-electron chi connectivity index (χ0n) is 14.7. The van der Waals surface area contributed by atoms with Crippen LogP contribution in [-0.4, -0.2) is 11.6 Å². The van der Waals surface area contributed by atoms with Gasteiger partial charge in [0.15, 0.2) is 11.6 Å². The highest BCUT2D eigenvalue weighted by Gasteiger charge is 2.31. The molecule has 1 saturated carbocycles. The van der Waals surface area contributed by atoms with E-state index in [4.69, 9.17) is 0 Å². The molecule has 130 valence electrons. The van der Waals surface area contributed by atoms with Crippen LogP contribution in [0.2, 0.25) is 0 Å².